The summed E-state index contributed by atoms with van der Waals surface area (Å²) in [7, 11) is 0. The first-order valence-electron chi connectivity index (χ1n) is 24.0. The van der Waals surface area contributed by atoms with Crippen LogP contribution in [0.25, 0.3) is 44.3 Å². The molecule has 10 rings (SSSR count). The fourth-order valence-corrected chi connectivity index (χ4v) is 9.56. The van der Waals surface area contributed by atoms with E-state index in [-0.39, 0.29) is 5.24 Å². The number of carbonyl (C=O) groups excluding carboxylic acids is 2. The van der Waals surface area contributed by atoms with E-state index in [1.807, 2.05) is 24.5 Å². The number of nitrogens with zero attached hydrogens (tertiary/aromatic N) is 6. The van der Waals surface area contributed by atoms with Gasteiger partial charge in [-0.2, -0.15) is 0 Å². The summed E-state index contributed by atoms with van der Waals surface area (Å²) < 4.78 is 10.9. The zero-order valence-corrected chi connectivity index (χ0v) is 39.6. The van der Waals surface area contributed by atoms with Crippen LogP contribution in [0.3, 0.4) is 0 Å². The van der Waals surface area contributed by atoms with Crippen molar-refractivity contribution in [1.82, 2.24) is 19.9 Å². The molecule has 2 aliphatic heterocycles. The van der Waals surface area contributed by atoms with Crippen molar-refractivity contribution in [2.75, 3.05) is 73.0 Å². The fourth-order valence-electron chi connectivity index (χ4n) is 9.56. The lowest BCUT2D eigenvalue weighted by Crippen LogP contribution is -2.36. The van der Waals surface area contributed by atoms with Crippen LogP contribution < -0.4 is 26.2 Å². The standard InChI is InChI=1S/C27H32N4O2.C24H29N5O.C2H3ClO/c1-19(32)17-20-4-8-22(9-5-20)29-27-24-3-2-12-28-26(24)18-25(30-27)21-6-10-23(11-7-21)31-13-15-33-16-14-31;25-18-5-7-19(8-6-18)27-24-21-2-1-11-26-23(21)16-22(28-24)17-3-9-20(10-4-17)29-12-14-30-15-13-29;1-2(3)4/h2-3,6-7,10-12,18,20,22H,4-5,8-9,13-17H2,1H3,(H,29,30);1-4,9-11,16,18-19H,5-8,12-15,25H2,(H,27,28);1H3. The molecule has 4 fully saturated rings. The second-order valence-electron chi connectivity index (χ2n) is 18.1. The third-order valence-electron chi connectivity index (χ3n) is 13.2. The number of anilines is 4. The molecule has 14 heteroatoms. The van der Waals surface area contributed by atoms with E-state index in [9.17, 15) is 9.59 Å². The first-order chi connectivity index (χ1) is 32.6. The number of benzene rings is 2. The maximum Gasteiger partial charge on any atom is 0.218 e. The number of ketones is 1. The van der Waals surface area contributed by atoms with Gasteiger partial charge in [0.05, 0.1) is 48.8 Å². The highest BCUT2D eigenvalue weighted by atomic mass is 35.5. The third kappa shape index (κ3) is 13.3. The Bertz CT molecular complexity index is 2550. The van der Waals surface area contributed by atoms with Gasteiger partial charge in [-0.3, -0.25) is 14.8 Å². The maximum atomic E-state index is 11.5. The largest absolute Gasteiger partial charge is 0.378 e. The lowest BCUT2D eigenvalue weighted by Gasteiger charge is -2.29. The molecule has 352 valence electrons. The molecule has 2 aliphatic carbocycles. The summed E-state index contributed by atoms with van der Waals surface area (Å²) in [5.74, 6) is 2.66. The van der Waals surface area contributed by atoms with Gasteiger partial charge in [-0.15, -0.1) is 0 Å². The average Bonchev–Trinajstić information content (AvgIpc) is 3.36. The van der Waals surface area contributed by atoms with Gasteiger partial charge in [0.15, 0.2) is 0 Å². The van der Waals surface area contributed by atoms with Gasteiger partial charge in [-0.25, -0.2) is 9.97 Å². The molecule has 2 aromatic carbocycles. The van der Waals surface area contributed by atoms with Crippen molar-refractivity contribution in [3.8, 4) is 22.5 Å². The summed E-state index contributed by atoms with van der Waals surface area (Å²) in [6, 6.07) is 30.8. The molecule has 67 heavy (non-hydrogen) atoms. The lowest BCUT2D eigenvalue weighted by atomic mass is 9.83. The van der Waals surface area contributed by atoms with Crippen LogP contribution in [0.2, 0.25) is 0 Å². The minimum Gasteiger partial charge on any atom is -0.378 e. The Morgan fingerprint density at radius 2 is 1.03 bits per heavy atom. The maximum absolute atomic E-state index is 11.5. The summed E-state index contributed by atoms with van der Waals surface area (Å²) in [6.45, 7) is 9.89. The van der Waals surface area contributed by atoms with Crippen LogP contribution in [0.4, 0.5) is 23.0 Å². The van der Waals surface area contributed by atoms with E-state index in [1.165, 1.54) is 18.3 Å². The quantitative estimate of drug-likeness (QED) is 0.112. The molecule has 4 aromatic heterocycles. The van der Waals surface area contributed by atoms with Crippen molar-refractivity contribution in [2.45, 2.75) is 89.8 Å². The Hall–Kier alpha value is -5.73. The van der Waals surface area contributed by atoms with Gasteiger partial charge >= 0.3 is 0 Å². The van der Waals surface area contributed by atoms with Crippen LogP contribution >= 0.6 is 11.6 Å². The summed E-state index contributed by atoms with van der Waals surface area (Å²) in [6.07, 6.45) is 13.0. The number of pyridine rings is 4. The van der Waals surface area contributed by atoms with Crippen LogP contribution in [-0.4, -0.2) is 102 Å². The second kappa shape index (κ2) is 23.3. The van der Waals surface area contributed by atoms with E-state index in [1.54, 1.807) is 6.92 Å². The summed E-state index contributed by atoms with van der Waals surface area (Å²) in [5.41, 5.74) is 14.5. The van der Waals surface area contributed by atoms with Gasteiger partial charge in [0.2, 0.25) is 5.24 Å². The molecular weight excluding hydrogens is 862 g/mol. The summed E-state index contributed by atoms with van der Waals surface area (Å²) in [5, 5.41) is 9.16. The normalized spacial score (nSPS) is 20.8. The molecule has 0 amide bonds. The van der Waals surface area contributed by atoms with Gasteiger partial charge in [-0.1, -0.05) is 24.3 Å². The van der Waals surface area contributed by atoms with Crippen LogP contribution in [0, 0.1) is 5.92 Å². The number of nitrogens with two attached hydrogens (primary N) is 1. The number of nitrogens with one attached hydrogen (secondary N) is 2. The second-order valence-corrected chi connectivity index (χ2v) is 18.7. The number of rotatable bonds is 10. The van der Waals surface area contributed by atoms with Crippen molar-refractivity contribution < 1.29 is 19.1 Å². The molecule has 0 spiro atoms. The smallest absolute Gasteiger partial charge is 0.218 e. The predicted molar refractivity (Wildman–Crippen MR) is 271 cm³/mol. The predicted octanol–water partition coefficient (Wildman–Crippen LogP) is 9.67. The average molecular weight is 927 g/mol. The molecule has 0 bridgehead atoms. The summed E-state index contributed by atoms with van der Waals surface area (Å²) in [4.78, 5) is 44.7. The molecule has 6 aromatic rings. The van der Waals surface area contributed by atoms with Gasteiger partial charge < -0.3 is 40.4 Å². The van der Waals surface area contributed by atoms with Gasteiger partial charge in [0, 0.05) is 103 Å². The highest BCUT2D eigenvalue weighted by Crippen LogP contribution is 2.34. The zero-order chi connectivity index (χ0) is 46.5. The number of aromatic nitrogens is 4. The number of hydrogen-bond acceptors (Lipinski definition) is 13. The van der Waals surface area contributed by atoms with E-state index in [0.29, 0.717) is 36.2 Å². The van der Waals surface area contributed by atoms with E-state index >= 15 is 0 Å². The topological polar surface area (TPSA) is 161 Å². The number of Topliss-reactive ketones (excluding diaryl/α,β-unsaturated/α-hetero) is 1. The minimum atomic E-state index is -0.361. The van der Waals surface area contributed by atoms with Crippen molar-refractivity contribution in [1.29, 1.82) is 0 Å². The van der Waals surface area contributed by atoms with Crippen LogP contribution in [0.15, 0.2) is 97.3 Å². The number of hydrogen-bond donors (Lipinski definition) is 3. The molecule has 2 saturated heterocycles. The Morgan fingerprint density at radius 1 is 0.627 bits per heavy atom. The highest BCUT2D eigenvalue weighted by molar-refractivity contribution is 6.62. The molecule has 0 atom stereocenters. The summed E-state index contributed by atoms with van der Waals surface area (Å²) >= 11 is 4.64. The van der Waals surface area contributed by atoms with Crippen LogP contribution in [0.1, 0.15) is 71.6 Å². The first kappa shape index (κ1) is 47.8. The molecule has 6 heterocycles. The SMILES string of the molecule is CC(=O)CC1CCC(Nc2nc(-c3ccc(N4CCOCC4)cc3)cc3ncccc23)CC1.CC(=O)Cl.NC1CCC(Nc2nc(-c3ccc(N4CCOCC4)cc3)cc3ncccc23)CC1. The zero-order valence-electron chi connectivity index (χ0n) is 38.8. The number of carbonyl (C=O) groups is 2. The van der Waals surface area contributed by atoms with E-state index < -0.39 is 0 Å². The van der Waals surface area contributed by atoms with Gasteiger partial charge in [-0.05, 0) is 136 Å². The van der Waals surface area contributed by atoms with Crippen molar-refractivity contribution >= 4 is 67.4 Å². The molecule has 2 saturated carbocycles. The Kier molecular flexibility index (Phi) is 16.6. The number of morpholine rings is 2. The number of fused-ring (bicyclic) bond motifs is 2. The van der Waals surface area contributed by atoms with Gasteiger partial charge in [0.1, 0.15) is 17.4 Å². The lowest BCUT2D eigenvalue weighted by molar-refractivity contribution is -0.118. The molecule has 13 nitrogen and oxygen atoms in total. The van der Waals surface area contributed by atoms with Gasteiger partial charge in [0.25, 0.3) is 0 Å². The van der Waals surface area contributed by atoms with Crippen molar-refractivity contribution in [2.24, 2.45) is 11.7 Å². The Labute approximate surface area is 399 Å². The van der Waals surface area contributed by atoms with E-state index in [0.717, 1.165) is 160 Å². The molecule has 0 unspecified atom stereocenters. The van der Waals surface area contributed by atoms with E-state index in [2.05, 4.69) is 115 Å². The highest BCUT2D eigenvalue weighted by Gasteiger charge is 2.24. The van der Waals surface area contributed by atoms with Crippen LogP contribution in [0.5, 0.6) is 0 Å². The Balaban J connectivity index is 0.000000169. The van der Waals surface area contributed by atoms with E-state index in [4.69, 9.17) is 25.2 Å². The third-order valence-corrected chi connectivity index (χ3v) is 13.2. The fraction of sp³-hybridized carbons (Fsp3) is 0.434. The molecule has 0 radical (unpaired) electrons. The molecule has 4 aliphatic rings. The van der Waals surface area contributed by atoms with Crippen molar-refractivity contribution in [3.63, 3.8) is 0 Å². The minimum absolute atomic E-state index is 0.303. The number of halogens is 1. The molecule has 4 N–H and O–H groups in total. The van der Waals surface area contributed by atoms with Crippen LogP contribution in [-0.2, 0) is 19.1 Å². The number of ether oxygens (including phenoxy) is 2. The van der Waals surface area contributed by atoms with Crippen molar-refractivity contribution in [3.05, 3.63) is 97.3 Å². The Morgan fingerprint density at radius 3 is 1.43 bits per heavy atom. The molecular formula is C53H64ClN9O4. The first-order valence-corrected chi connectivity index (χ1v) is 24.3. The monoisotopic (exact) mass is 925 g/mol.